The summed E-state index contributed by atoms with van der Waals surface area (Å²) in [5.41, 5.74) is -0.179. The zero-order chi connectivity index (χ0) is 16.8. The van der Waals surface area contributed by atoms with Gasteiger partial charge in [-0.2, -0.15) is 0 Å². The maximum absolute atomic E-state index is 12.4. The molecule has 1 saturated heterocycles. The van der Waals surface area contributed by atoms with Crippen LogP contribution in [0, 0.1) is 0 Å². The number of halogens is 2. The van der Waals surface area contributed by atoms with Gasteiger partial charge in [0, 0.05) is 30.6 Å². The Bertz CT molecular complexity index is 722. The van der Waals surface area contributed by atoms with Crippen molar-refractivity contribution in [2.45, 2.75) is 25.3 Å². The number of benzene rings is 1. The van der Waals surface area contributed by atoms with Gasteiger partial charge in [-0.15, -0.1) is 0 Å². The van der Waals surface area contributed by atoms with Gasteiger partial charge < -0.3 is 15.3 Å². The third kappa shape index (κ3) is 2.68. The van der Waals surface area contributed by atoms with Crippen LogP contribution in [0.25, 0.3) is 5.57 Å². The predicted molar refractivity (Wildman–Crippen MR) is 88.4 cm³/mol. The van der Waals surface area contributed by atoms with E-state index in [4.69, 9.17) is 23.2 Å². The highest BCUT2D eigenvalue weighted by molar-refractivity contribution is 6.37. The fourth-order valence-corrected chi connectivity index (χ4v) is 3.70. The molecule has 0 unspecified atom stereocenters. The Kier molecular flexibility index (Phi) is 4.02. The van der Waals surface area contributed by atoms with E-state index in [0.29, 0.717) is 41.5 Å². The van der Waals surface area contributed by atoms with E-state index in [0.717, 1.165) is 0 Å². The van der Waals surface area contributed by atoms with E-state index in [1.54, 1.807) is 17.0 Å². The van der Waals surface area contributed by atoms with Crippen LogP contribution in [0.15, 0.2) is 24.0 Å². The summed E-state index contributed by atoms with van der Waals surface area (Å²) >= 11 is 12.1. The molecule has 2 amide bonds. The number of likely N-dealkylation sites (tertiary alicyclic amines) is 1. The van der Waals surface area contributed by atoms with E-state index < -0.39 is 5.54 Å². The molecule has 122 valence electrons. The van der Waals surface area contributed by atoms with E-state index in [1.165, 1.54) is 13.0 Å². The highest BCUT2D eigenvalue weighted by Crippen LogP contribution is 2.40. The molecule has 0 aromatic heterocycles. The normalized spacial score (nSPS) is 20.1. The maximum Gasteiger partial charge on any atom is 0.256 e. The molecule has 2 aliphatic heterocycles. The standard InChI is InChI=1S/C16H16Cl2N2O3/c1-9(21)20-6-4-16(5-7-20)14(22)13(15(23)19-16)11-3-2-10(17)8-12(11)18/h2-3,8,22H,4-7H2,1H3,(H,19,23). The van der Waals surface area contributed by atoms with Crippen LogP contribution in [0.3, 0.4) is 0 Å². The van der Waals surface area contributed by atoms with Gasteiger partial charge in [0.15, 0.2) is 0 Å². The summed E-state index contributed by atoms with van der Waals surface area (Å²) in [5, 5.41) is 14.4. The molecule has 0 aliphatic carbocycles. The minimum atomic E-state index is -0.818. The van der Waals surface area contributed by atoms with Gasteiger partial charge in [0.25, 0.3) is 5.91 Å². The molecule has 0 saturated carbocycles. The van der Waals surface area contributed by atoms with Gasteiger partial charge >= 0.3 is 0 Å². The quantitative estimate of drug-likeness (QED) is 0.814. The minimum absolute atomic E-state index is 0.00470. The summed E-state index contributed by atoms with van der Waals surface area (Å²) in [4.78, 5) is 25.6. The first-order chi connectivity index (χ1) is 10.8. The van der Waals surface area contributed by atoms with E-state index >= 15 is 0 Å². The Hall–Kier alpha value is -1.72. The number of nitrogens with one attached hydrogen (secondary N) is 1. The first-order valence-electron chi connectivity index (χ1n) is 7.31. The summed E-state index contributed by atoms with van der Waals surface area (Å²) < 4.78 is 0. The highest BCUT2D eigenvalue weighted by atomic mass is 35.5. The zero-order valence-electron chi connectivity index (χ0n) is 12.5. The van der Waals surface area contributed by atoms with Gasteiger partial charge in [-0.25, -0.2) is 0 Å². The van der Waals surface area contributed by atoms with Crippen molar-refractivity contribution in [1.29, 1.82) is 0 Å². The number of hydrogen-bond acceptors (Lipinski definition) is 3. The summed E-state index contributed by atoms with van der Waals surface area (Å²) in [6.07, 6.45) is 0.942. The number of carbonyl (C=O) groups excluding carboxylic acids is 2. The molecular weight excluding hydrogens is 339 g/mol. The molecule has 23 heavy (non-hydrogen) atoms. The van der Waals surface area contributed by atoms with Crippen LogP contribution in [0.1, 0.15) is 25.3 Å². The van der Waals surface area contributed by atoms with Crippen LogP contribution in [0.4, 0.5) is 0 Å². The van der Waals surface area contributed by atoms with Crippen molar-refractivity contribution in [3.8, 4) is 0 Å². The molecule has 0 bridgehead atoms. The van der Waals surface area contributed by atoms with Crippen molar-refractivity contribution < 1.29 is 14.7 Å². The molecule has 2 aliphatic rings. The van der Waals surface area contributed by atoms with Crippen molar-refractivity contribution in [3.63, 3.8) is 0 Å². The van der Waals surface area contributed by atoms with Crippen LogP contribution < -0.4 is 5.32 Å². The van der Waals surface area contributed by atoms with Gasteiger partial charge in [-0.05, 0) is 25.0 Å². The predicted octanol–water partition coefficient (Wildman–Crippen LogP) is 2.77. The van der Waals surface area contributed by atoms with Crippen LogP contribution in [0.2, 0.25) is 10.0 Å². The number of piperidine rings is 1. The van der Waals surface area contributed by atoms with Gasteiger partial charge in [0.1, 0.15) is 11.3 Å². The number of nitrogens with zero attached hydrogens (tertiary/aromatic N) is 1. The maximum atomic E-state index is 12.4. The highest BCUT2D eigenvalue weighted by Gasteiger charge is 2.48. The van der Waals surface area contributed by atoms with Gasteiger partial charge in [0.2, 0.25) is 5.91 Å². The summed E-state index contributed by atoms with van der Waals surface area (Å²) in [7, 11) is 0. The fourth-order valence-electron chi connectivity index (χ4n) is 3.19. The van der Waals surface area contributed by atoms with Crippen LogP contribution in [-0.4, -0.2) is 40.4 Å². The number of rotatable bonds is 1. The zero-order valence-corrected chi connectivity index (χ0v) is 14.0. The third-order valence-corrected chi connectivity index (χ3v) is 5.08. The molecule has 2 N–H and O–H groups in total. The Labute approximate surface area is 143 Å². The number of aliphatic hydroxyl groups excluding tert-OH is 1. The molecule has 2 heterocycles. The first-order valence-corrected chi connectivity index (χ1v) is 8.07. The minimum Gasteiger partial charge on any atom is -0.509 e. The molecule has 1 aromatic rings. The average molecular weight is 355 g/mol. The molecule has 0 radical (unpaired) electrons. The largest absolute Gasteiger partial charge is 0.509 e. The van der Waals surface area contributed by atoms with E-state index in [9.17, 15) is 14.7 Å². The number of aliphatic hydroxyl groups is 1. The summed E-state index contributed by atoms with van der Waals surface area (Å²) in [6, 6.07) is 4.79. The van der Waals surface area contributed by atoms with Crippen LogP contribution in [0.5, 0.6) is 0 Å². The summed E-state index contributed by atoms with van der Waals surface area (Å²) in [6.45, 7) is 2.49. The van der Waals surface area contributed by atoms with Gasteiger partial charge in [-0.1, -0.05) is 29.3 Å². The lowest BCUT2D eigenvalue weighted by Gasteiger charge is -2.38. The average Bonchev–Trinajstić information content (AvgIpc) is 2.71. The molecule has 1 aromatic carbocycles. The summed E-state index contributed by atoms with van der Waals surface area (Å²) in [5.74, 6) is -0.369. The Morgan fingerprint density at radius 2 is 1.96 bits per heavy atom. The molecule has 1 spiro atoms. The van der Waals surface area contributed by atoms with Crippen LogP contribution >= 0.6 is 23.2 Å². The van der Waals surface area contributed by atoms with E-state index in [1.807, 2.05) is 0 Å². The molecule has 7 heteroatoms. The molecule has 3 rings (SSSR count). The second-order valence-corrected chi connectivity index (χ2v) is 6.73. The van der Waals surface area contributed by atoms with Gasteiger partial charge in [0.05, 0.1) is 10.6 Å². The lowest BCUT2D eigenvalue weighted by molar-refractivity contribution is -0.130. The van der Waals surface area contributed by atoms with Crippen molar-refractivity contribution in [2.75, 3.05) is 13.1 Å². The smallest absolute Gasteiger partial charge is 0.256 e. The Morgan fingerprint density at radius 3 is 2.52 bits per heavy atom. The van der Waals surface area contributed by atoms with E-state index in [2.05, 4.69) is 5.32 Å². The lowest BCUT2D eigenvalue weighted by atomic mass is 9.85. The lowest BCUT2D eigenvalue weighted by Crippen LogP contribution is -2.53. The van der Waals surface area contributed by atoms with Crippen LogP contribution in [-0.2, 0) is 9.59 Å². The Morgan fingerprint density at radius 1 is 1.30 bits per heavy atom. The first kappa shape index (κ1) is 16.1. The molecule has 5 nitrogen and oxygen atoms in total. The van der Waals surface area contributed by atoms with Crippen molar-refractivity contribution in [2.24, 2.45) is 0 Å². The second kappa shape index (κ2) is 5.73. The van der Waals surface area contributed by atoms with Crippen molar-refractivity contribution in [1.82, 2.24) is 10.2 Å². The molecule has 0 atom stereocenters. The van der Waals surface area contributed by atoms with Gasteiger partial charge in [-0.3, -0.25) is 9.59 Å². The molecular formula is C16H16Cl2N2O3. The number of carbonyl (C=O) groups is 2. The van der Waals surface area contributed by atoms with Crippen molar-refractivity contribution >= 4 is 40.6 Å². The number of amides is 2. The topological polar surface area (TPSA) is 69.6 Å². The SMILES string of the molecule is CC(=O)N1CCC2(CC1)NC(=O)C(c1ccc(Cl)cc1Cl)=C2O. The van der Waals surface area contributed by atoms with E-state index in [-0.39, 0.29) is 23.1 Å². The number of hydrogen-bond donors (Lipinski definition) is 2. The third-order valence-electron chi connectivity index (χ3n) is 4.53. The fraction of sp³-hybridized carbons (Fsp3) is 0.375. The second-order valence-electron chi connectivity index (χ2n) is 5.89. The van der Waals surface area contributed by atoms with Crippen molar-refractivity contribution in [3.05, 3.63) is 39.6 Å². The molecule has 1 fully saturated rings. The Balaban J connectivity index is 1.97. The monoisotopic (exact) mass is 354 g/mol.